The van der Waals surface area contributed by atoms with Gasteiger partial charge in [-0.3, -0.25) is 38.9 Å². The van der Waals surface area contributed by atoms with E-state index >= 15 is 0 Å². The smallest absolute Gasteiger partial charge is 0.408 e. The van der Waals surface area contributed by atoms with Crippen molar-refractivity contribution in [3.63, 3.8) is 0 Å². The highest BCUT2D eigenvalue weighted by Gasteiger charge is 2.40. The molecule has 23 heteroatoms. The van der Waals surface area contributed by atoms with Crippen LogP contribution in [0.1, 0.15) is 77.2 Å². The van der Waals surface area contributed by atoms with Crippen molar-refractivity contribution in [3.05, 3.63) is 44.5 Å². The van der Waals surface area contributed by atoms with Crippen LogP contribution in [0.2, 0.25) is 5.02 Å². The molecule has 4 aliphatic rings. The Hall–Kier alpha value is -5.26. The van der Waals surface area contributed by atoms with Crippen LogP contribution in [-0.2, 0) is 59.9 Å². The number of fused-ring (bicyclic) bond motifs is 1. The molecule has 1 atom stereocenters. The van der Waals surface area contributed by atoms with Crippen LogP contribution in [0, 0.1) is 5.92 Å². The second kappa shape index (κ2) is 23.5. The summed E-state index contributed by atoms with van der Waals surface area (Å²) in [6.45, 7) is 3.07. The Labute approximate surface area is 391 Å². The summed E-state index contributed by atoms with van der Waals surface area (Å²) in [4.78, 5) is 87.0. The number of aryl methyl sites for hydroxylation is 1. The molecule has 6 N–H and O–H groups in total. The molecule has 66 heavy (non-hydrogen) atoms. The van der Waals surface area contributed by atoms with Crippen molar-refractivity contribution in [3.8, 4) is 11.3 Å². The minimum Gasteiger partial charge on any atom is -0.465 e. The summed E-state index contributed by atoms with van der Waals surface area (Å²) in [5.41, 5.74) is 3.47. The number of carbonyl (C=O) groups excluding carboxylic acids is 5. The monoisotopic (exact) mass is 955 g/mol. The molecule has 1 saturated heterocycles. The van der Waals surface area contributed by atoms with E-state index in [0.29, 0.717) is 106 Å². The van der Waals surface area contributed by atoms with Crippen molar-refractivity contribution in [1.82, 2.24) is 50.8 Å². The number of hydrogen-bond donors (Lipinski definition) is 6. The molecule has 2 aliphatic heterocycles. The minimum absolute atomic E-state index is 0.0389. The largest absolute Gasteiger partial charge is 0.465 e. The predicted molar refractivity (Wildman–Crippen MR) is 241 cm³/mol. The number of aromatic nitrogens is 4. The number of rotatable bonds is 25. The molecule has 358 valence electrons. The fourth-order valence-corrected chi connectivity index (χ4v) is 9.55. The number of ether oxygens (including phenoxy) is 3. The number of nitrogens with one attached hydrogen (secondary N) is 5. The lowest BCUT2D eigenvalue weighted by atomic mass is 9.90. The maximum absolute atomic E-state index is 12.9. The zero-order valence-electron chi connectivity index (χ0n) is 37.0. The molecule has 0 radical (unpaired) electrons. The summed E-state index contributed by atoms with van der Waals surface area (Å²) in [6.07, 6.45) is 8.68. The molecular formula is C43H58ClN11O10S. The highest BCUT2D eigenvalue weighted by Crippen LogP contribution is 2.37. The Morgan fingerprint density at radius 2 is 1.67 bits per heavy atom. The number of halogens is 1. The Balaban J connectivity index is 0.672. The number of anilines is 1. The van der Waals surface area contributed by atoms with Gasteiger partial charge in [-0.05, 0) is 68.9 Å². The van der Waals surface area contributed by atoms with E-state index in [9.17, 15) is 33.9 Å². The summed E-state index contributed by atoms with van der Waals surface area (Å²) in [7, 11) is 1.93. The molecule has 1 unspecified atom stereocenters. The van der Waals surface area contributed by atoms with Gasteiger partial charge in [0, 0.05) is 61.3 Å². The van der Waals surface area contributed by atoms with Gasteiger partial charge in [0.05, 0.1) is 80.7 Å². The number of carbonyl (C=O) groups is 6. The second-order valence-electron chi connectivity index (χ2n) is 16.8. The quantitative estimate of drug-likeness (QED) is 0.0525. The first-order chi connectivity index (χ1) is 31.9. The number of amides is 6. The highest BCUT2D eigenvalue weighted by molar-refractivity contribution is 7.14. The Morgan fingerprint density at radius 3 is 2.36 bits per heavy atom. The lowest BCUT2D eigenvalue weighted by Gasteiger charge is -2.35. The molecule has 0 aromatic carbocycles. The van der Waals surface area contributed by atoms with Crippen molar-refractivity contribution in [2.24, 2.45) is 13.0 Å². The van der Waals surface area contributed by atoms with E-state index in [0.717, 1.165) is 28.1 Å². The molecular weight excluding hydrogens is 898 g/mol. The Bertz CT molecular complexity index is 2210. The van der Waals surface area contributed by atoms with E-state index in [1.54, 1.807) is 12.4 Å². The molecule has 7 rings (SSSR count). The van der Waals surface area contributed by atoms with Crippen LogP contribution in [0.3, 0.4) is 0 Å². The molecule has 3 aromatic rings. The van der Waals surface area contributed by atoms with Crippen LogP contribution in [0.25, 0.3) is 11.3 Å². The van der Waals surface area contributed by atoms with E-state index in [-0.39, 0.29) is 69.0 Å². The second-order valence-corrected chi connectivity index (χ2v) is 18.4. The van der Waals surface area contributed by atoms with Gasteiger partial charge >= 0.3 is 6.09 Å². The predicted octanol–water partition coefficient (Wildman–Crippen LogP) is 2.08. The molecule has 6 amide bonds. The van der Waals surface area contributed by atoms with E-state index in [2.05, 4.69) is 36.7 Å². The van der Waals surface area contributed by atoms with Crippen molar-refractivity contribution >= 4 is 64.5 Å². The molecule has 5 heterocycles. The number of imide groups is 1. The van der Waals surface area contributed by atoms with Crippen molar-refractivity contribution in [2.45, 2.75) is 89.0 Å². The molecule has 3 fully saturated rings. The van der Waals surface area contributed by atoms with Gasteiger partial charge in [0.25, 0.3) is 5.91 Å². The van der Waals surface area contributed by atoms with Gasteiger partial charge in [-0.1, -0.05) is 11.6 Å². The van der Waals surface area contributed by atoms with Gasteiger partial charge in [0.15, 0.2) is 0 Å². The number of nitrogens with zero attached hydrogens (tertiary/aromatic N) is 6. The van der Waals surface area contributed by atoms with E-state index in [1.807, 2.05) is 17.8 Å². The van der Waals surface area contributed by atoms with Crippen LogP contribution in [0.4, 0.5) is 10.7 Å². The Kier molecular flexibility index (Phi) is 17.3. The van der Waals surface area contributed by atoms with E-state index < -0.39 is 23.9 Å². The van der Waals surface area contributed by atoms with Crippen LogP contribution >= 0.6 is 22.9 Å². The van der Waals surface area contributed by atoms with Gasteiger partial charge in [-0.15, -0.1) is 11.3 Å². The fourth-order valence-electron chi connectivity index (χ4n) is 8.29. The summed E-state index contributed by atoms with van der Waals surface area (Å²) in [5, 5.41) is 29.1. The summed E-state index contributed by atoms with van der Waals surface area (Å²) < 4.78 is 18.5. The van der Waals surface area contributed by atoms with Crippen molar-refractivity contribution < 1.29 is 48.1 Å². The number of piperidine rings is 1. The number of carboxylic acid groups (broad SMARTS) is 1. The Morgan fingerprint density at radius 1 is 0.939 bits per heavy atom. The third-order valence-corrected chi connectivity index (χ3v) is 13.4. The standard InChI is InChI=1S/C43H58ClN11O10S/c1-53-34(18-26-2-3-26)31(21-49-53)38-32(44)22-48-42(52-38)50-28-4-6-29(7-5-28)54(43(61)62)25-37(58)46-11-13-64-15-17-65-16-14-63-12-10-45-23-36(57)47-20-30-19-27-24-55(41(60)39(27)66-30)33-8-9-35(56)51-40(33)59/h19,21-22,26,28-29,33,45H,2-18,20,23-25H2,1H3,(H,46,58)(H,47,57)(H,61,62)(H,48,50,52)(H,51,56,59). The first-order valence-corrected chi connectivity index (χ1v) is 23.7. The van der Waals surface area contributed by atoms with Crippen molar-refractivity contribution in [2.75, 3.05) is 71.1 Å². The first kappa shape index (κ1) is 48.7. The average Bonchev–Trinajstić information content (AvgIpc) is 3.81. The van der Waals surface area contributed by atoms with E-state index in [4.69, 9.17) is 30.8 Å². The van der Waals surface area contributed by atoms with Gasteiger partial charge in [0.2, 0.25) is 29.6 Å². The molecule has 2 saturated carbocycles. The third-order valence-electron chi connectivity index (χ3n) is 12.0. The number of hydrogen-bond acceptors (Lipinski definition) is 15. The van der Waals surface area contributed by atoms with Gasteiger partial charge in [0.1, 0.15) is 12.6 Å². The van der Waals surface area contributed by atoms with Crippen LogP contribution < -0.4 is 26.6 Å². The zero-order chi connectivity index (χ0) is 46.6. The third kappa shape index (κ3) is 13.4. The van der Waals surface area contributed by atoms with E-state index in [1.165, 1.54) is 34.0 Å². The SMILES string of the molecule is Cn1ncc(-c2nc(NC3CCC(N(CC(=O)NCCOCCOCCOCCNCC(=O)NCc4cc5c(s4)C(=O)N(C4CCC(=O)NC4=O)C5)C(=O)O)CC3)ncc2Cl)c1CC1CC1. The molecule has 2 aliphatic carbocycles. The van der Waals surface area contributed by atoms with Crippen LogP contribution in [0.15, 0.2) is 18.5 Å². The summed E-state index contributed by atoms with van der Waals surface area (Å²) >= 11 is 7.84. The normalized spacial score (nSPS) is 19.4. The maximum atomic E-state index is 12.9. The maximum Gasteiger partial charge on any atom is 0.408 e. The minimum atomic E-state index is -1.14. The summed E-state index contributed by atoms with van der Waals surface area (Å²) in [6, 6.07) is 0.963. The molecule has 21 nitrogen and oxygen atoms in total. The fraction of sp³-hybridized carbons (Fsp3) is 0.605. The lowest BCUT2D eigenvalue weighted by Crippen LogP contribution is -2.52. The van der Waals surface area contributed by atoms with Gasteiger partial charge in [-0.2, -0.15) is 5.10 Å². The van der Waals surface area contributed by atoms with Crippen LogP contribution in [0.5, 0.6) is 0 Å². The van der Waals surface area contributed by atoms with Gasteiger partial charge in [-0.25, -0.2) is 14.8 Å². The number of thiophene rings is 1. The lowest BCUT2D eigenvalue weighted by molar-refractivity contribution is -0.137. The highest BCUT2D eigenvalue weighted by atomic mass is 35.5. The topological polar surface area (TPSA) is 261 Å². The molecule has 0 spiro atoms. The zero-order valence-corrected chi connectivity index (χ0v) is 38.6. The van der Waals surface area contributed by atoms with Gasteiger partial charge < -0.3 is 45.5 Å². The molecule has 0 bridgehead atoms. The van der Waals surface area contributed by atoms with Crippen LogP contribution in [-0.4, -0.2) is 154 Å². The summed E-state index contributed by atoms with van der Waals surface area (Å²) in [5.74, 6) is -0.471. The van der Waals surface area contributed by atoms with Crippen molar-refractivity contribution in [1.29, 1.82) is 0 Å². The average molecular weight is 957 g/mol. The molecule has 3 aromatic heterocycles. The first-order valence-electron chi connectivity index (χ1n) is 22.5.